The van der Waals surface area contributed by atoms with E-state index in [0.717, 1.165) is 0 Å². The van der Waals surface area contributed by atoms with Crippen LogP contribution in [-0.2, 0) is 9.59 Å². The maximum absolute atomic E-state index is 9.99. The zero-order chi connectivity index (χ0) is 13.6. The Hall–Kier alpha value is -0.484. The quantitative estimate of drug-likeness (QED) is 0.592. The van der Waals surface area contributed by atoms with Crippen molar-refractivity contribution in [2.45, 2.75) is 32.7 Å². The molecule has 0 fully saturated rings. The van der Waals surface area contributed by atoms with Crippen LogP contribution in [0, 0.1) is 22.7 Å². The van der Waals surface area contributed by atoms with Gasteiger partial charge in [-0.15, -0.1) is 0 Å². The predicted molar refractivity (Wildman–Crippen MR) is 62.2 cm³/mol. The molecule has 0 rings (SSSR count). The summed E-state index contributed by atoms with van der Waals surface area (Å²) < 4.78 is 0. The molecule has 0 aromatic rings. The van der Waals surface area contributed by atoms with Gasteiger partial charge in [0, 0.05) is 20.3 Å². The first kappa shape index (κ1) is 25.4. The minimum absolute atomic E-state index is 0. The predicted octanol–water partition coefficient (Wildman–Crippen LogP) is -0.326. The summed E-state index contributed by atoms with van der Waals surface area (Å²) in [6, 6.07) is 2.44. The van der Waals surface area contributed by atoms with Crippen LogP contribution < -0.4 is 5.73 Å². The summed E-state index contributed by atoms with van der Waals surface area (Å²) in [6.45, 7) is 2.86. The van der Waals surface area contributed by atoms with Gasteiger partial charge < -0.3 is 15.9 Å². The monoisotopic (exact) mass is 269 g/mol. The van der Waals surface area contributed by atoms with Crippen LogP contribution in [0.3, 0.4) is 0 Å². The fourth-order valence-corrected chi connectivity index (χ4v) is 0.402. The van der Waals surface area contributed by atoms with Crippen molar-refractivity contribution < 1.29 is 19.8 Å². The van der Waals surface area contributed by atoms with E-state index in [-0.39, 0.29) is 64.2 Å². The summed E-state index contributed by atoms with van der Waals surface area (Å²) in [7, 11) is 0. The van der Waals surface area contributed by atoms with E-state index in [9.17, 15) is 9.59 Å². The number of rotatable bonds is 4. The number of hydrogen-bond donors (Lipinski definition) is 3. The zero-order valence-corrected chi connectivity index (χ0v) is 9.17. The Bertz CT molecular complexity index is 271. The second kappa shape index (κ2) is 20.9. The maximum atomic E-state index is 9.99. The first-order valence-electron chi connectivity index (χ1n) is 4.19. The molecule has 7 nitrogen and oxygen atoms in total. The van der Waals surface area contributed by atoms with E-state index in [2.05, 4.69) is 0 Å². The van der Waals surface area contributed by atoms with Gasteiger partial charge in [0.1, 0.15) is 6.04 Å². The van der Waals surface area contributed by atoms with E-state index in [0.29, 0.717) is 0 Å². The zero-order valence-electron chi connectivity index (χ0n) is 9.17. The molecule has 0 bridgehead atoms. The van der Waals surface area contributed by atoms with Gasteiger partial charge in [0.15, 0.2) is 0 Å². The topological polar surface area (TPSA) is 148 Å². The fraction of sp³-hybridized carbons (Fsp3) is 0.556. The van der Waals surface area contributed by atoms with E-state index in [1.54, 1.807) is 12.1 Å². The molecule has 0 spiro atoms. The molecule has 0 aromatic heterocycles. The number of carboxylic acids is 2. The van der Waals surface area contributed by atoms with Crippen LogP contribution >= 0.6 is 0 Å². The second-order valence-corrected chi connectivity index (χ2v) is 2.32. The third-order valence-corrected chi connectivity index (χ3v) is 0.986. The Morgan fingerprint density at radius 1 is 1.24 bits per heavy atom. The molecule has 0 saturated carbocycles. The molecule has 0 heterocycles. The molecule has 0 aliphatic carbocycles. The number of nitriles is 2. The SMILES string of the molecule is CC#N.CC#N.NC(CCC(=O)O)C(=O)O.[KH]. The number of aliphatic carboxylic acids is 2. The first-order valence-corrected chi connectivity index (χ1v) is 4.19. The van der Waals surface area contributed by atoms with Gasteiger partial charge in [0.25, 0.3) is 0 Å². The van der Waals surface area contributed by atoms with Crippen molar-refractivity contribution in [2.75, 3.05) is 0 Å². The van der Waals surface area contributed by atoms with Crippen molar-refractivity contribution in [1.29, 1.82) is 10.5 Å². The van der Waals surface area contributed by atoms with Gasteiger partial charge >= 0.3 is 63.3 Å². The second-order valence-electron chi connectivity index (χ2n) is 2.32. The number of carbonyl (C=O) groups is 2. The minimum atomic E-state index is -1.17. The molecule has 4 N–H and O–H groups in total. The summed E-state index contributed by atoms with van der Waals surface area (Å²) >= 11 is 0. The number of carboxylic acid groups (broad SMARTS) is 2. The van der Waals surface area contributed by atoms with Crippen molar-refractivity contribution >= 4 is 63.3 Å². The van der Waals surface area contributed by atoms with Crippen molar-refractivity contribution in [3.63, 3.8) is 0 Å². The molecule has 1 atom stereocenters. The molecule has 0 amide bonds. The molecule has 17 heavy (non-hydrogen) atoms. The Kier molecular flexibility index (Phi) is 31.2. The molecule has 8 heteroatoms. The molecule has 0 saturated heterocycles. The van der Waals surface area contributed by atoms with Crippen LogP contribution in [0.5, 0.6) is 0 Å². The van der Waals surface area contributed by atoms with Gasteiger partial charge in [-0.1, -0.05) is 0 Å². The van der Waals surface area contributed by atoms with Gasteiger partial charge in [-0.2, -0.15) is 10.5 Å². The van der Waals surface area contributed by atoms with E-state index in [1.165, 1.54) is 13.8 Å². The van der Waals surface area contributed by atoms with Crippen molar-refractivity contribution in [2.24, 2.45) is 5.73 Å². The molecule has 92 valence electrons. The molecular formula is C9H16KN3O4. The number of nitrogens with two attached hydrogens (primary N) is 1. The van der Waals surface area contributed by atoms with Gasteiger partial charge in [-0.3, -0.25) is 9.59 Å². The summed E-state index contributed by atoms with van der Waals surface area (Å²) in [4.78, 5) is 19.9. The number of hydrogen-bond acceptors (Lipinski definition) is 5. The summed E-state index contributed by atoms with van der Waals surface area (Å²) in [6.07, 6.45) is -0.224. The van der Waals surface area contributed by atoms with Gasteiger partial charge in [0.05, 0.1) is 12.1 Å². The Labute approximate surface area is 143 Å². The number of nitrogens with zero attached hydrogens (tertiary/aromatic N) is 2. The average Bonchev–Trinajstić information content (AvgIpc) is 2.16. The van der Waals surface area contributed by atoms with Crippen LogP contribution in [0.25, 0.3) is 0 Å². The molecule has 0 aromatic carbocycles. The summed E-state index contributed by atoms with van der Waals surface area (Å²) in [5.74, 6) is -2.20. The molecular weight excluding hydrogens is 253 g/mol. The Morgan fingerprint density at radius 2 is 1.53 bits per heavy atom. The third kappa shape index (κ3) is 39.1. The van der Waals surface area contributed by atoms with Crippen molar-refractivity contribution in [3.8, 4) is 12.1 Å². The molecule has 1 unspecified atom stereocenters. The summed E-state index contributed by atoms with van der Waals surface area (Å²) in [5, 5.41) is 30.9. The third-order valence-electron chi connectivity index (χ3n) is 0.986. The van der Waals surface area contributed by atoms with E-state index < -0.39 is 18.0 Å². The van der Waals surface area contributed by atoms with Crippen LogP contribution in [0.4, 0.5) is 0 Å². The van der Waals surface area contributed by atoms with Crippen LogP contribution in [-0.4, -0.2) is 79.6 Å². The van der Waals surface area contributed by atoms with Crippen molar-refractivity contribution in [3.05, 3.63) is 0 Å². The van der Waals surface area contributed by atoms with E-state index >= 15 is 0 Å². The fourth-order valence-electron chi connectivity index (χ4n) is 0.402. The van der Waals surface area contributed by atoms with Crippen LogP contribution in [0.1, 0.15) is 26.7 Å². The first-order chi connectivity index (χ1) is 7.37. The molecule has 0 aliphatic rings. The average molecular weight is 269 g/mol. The molecule has 0 radical (unpaired) electrons. The normalized spacial score (nSPS) is 8.29. The molecule has 0 aliphatic heterocycles. The van der Waals surface area contributed by atoms with E-state index in [1.807, 2.05) is 0 Å². The summed E-state index contributed by atoms with van der Waals surface area (Å²) in [5.41, 5.74) is 5.00. The van der Waals surface area contributed by atoms with Crippen LogP contribution in [0.15, 0.2) is 0 Å². The Balaban J connectivity index is -0.000000102. The van der Waals surface area contributed by atoms with Crippen molar-refractivity contribution in [1.82, 2.24) is 0 Å². The van der Waals surface area contributed by atoms with Gasteiger partial charge in [-0.05, 0) is 6.42 Å². The Morgan fingerprint density at radius 3 is 1.71 bits per heavy atom. The van der Waals surface area contributed by atoms with Crippen LogP contribution in [0.2, 0.25) is 0 Å². The van der Waals surface area contributed by atoms with Gasteiger partial charge in [-0.25, -0.2) is 0 Å². The van der Waals surface area contributed by atoms with Gasteiger partial charge in [0.2, 0.25) is 0 Å². The standard InChI is InChI=1S/C5H9NO4.2C2H3N.K.H/c6-3(5(9)10)1-2-4(7)8;2*1-2-3;;/h3H,1-2,6H2,(H,7,8)(H,9,10);2*1H3;;. The van der Waals surface area contributed by atoms with E-state index in [4.69, 9.17) is 26.5 Å².